The van der Waals surface area contributed by atoms with Crippen LogP contribution < -0.4 is 4.74 Å². The van der Waals surface area contributed by atoms with Crippen LogP contribution in [0.2, 0.25) is 0 Å². The van der Waals surface area contributed by atoms with Crippen LogP contribution in [0.25, 0.3) is 0 Å². The van der Waals surface area contributed by atoms with E-state index < -0.39 is 10.9 Å². The van der Waals surface area contributed by atoms with Gasteiger partial charge in [-0.15, -0.1) is 0 Å². The van der Waals surface area contributed by atoms with Crippen molar-refractivity contribution in [1.82, 2.24) is 0 Å². The first kappa shape index (κ1) is 21.6. The summed E-state index contributed by atoms with van der Waals surface area (Å²) in [5, 5.41) is 10.9. The van der Waals surface area contributed by atoms with Gasteiger partial charge in [0, 0.05) is 18.9 Å². The van der Waals surface area contributed by atoms with Crippen LogP contribution in [-0.4, -0.2) is 23.5 Å². The fourth-order valence-electron chi connectivity index (χ4n) is 2.37. The summed E-state index contributed by atoms with van der Waals surface area (Å²) < 4.78 is 10.2. The molecule has 0 aliphatic rings. The Morgan fingerprint density at radius 1 is 0.962 bits per heavy atom. The maximum atomic E-state index is 11.8. The molecule has 0 N–H and O–H groups in total. The number of benzene rings is 1. The van der Waals surface area contributed by atoms with E-state index in [1.165, 1.54) is 18.2 Å². The van der Waals surface area contributed by atoms with Gasteiger partial charge in [-0.05, 0) is 25.3 Å². The summed E-state index contributed by atoms with van der Waals surface area (Å²) in [5.74, 6) is -0.768. The molecule has 0 amide bonds. The number of hydrogen-bond acceptors (Lipinski definition) is 6. The fraction of sp³-hybridized carbons (Fsp3) is 0.579. The first-order valence-corrected chi connectivity index (χ1v) is 9.14. The smallest absolute Gasteiger partial charge is 0.311 e. The monoisotopic (exact) mass is 365 g/mol. The van der Waals surface area contributed by atoms with E-state index in [2.05, 4.69) is 6.92 Å². The number of nitrogens with zero attached hydrogens (tertiary/aromatic N) is 1. The molecule has 0 atom stereocenters. The molecule has 0 aliphatic carbocycles. The third-order valence-electron chi connectivity index (χ3n) is 3.81. The Balaban J connectivity index is 2.13. The van der Waals surface area contributed by atoms with Crippen LogP contribution >= 0.6 is 0 Å². The quantitative estimate of drug-likeness (QED) is 0.167. The average Bonchev–Trinajstić information content (AvgIpc) is 2.61. The Morgan fingerprint density at radius 2 is 1.62 bits per heavy atom. The molecule has 1 aromatic rings. The molecule has 0 spiro atoms. The molecule has 7 nitrogen and oxygen atoms in total. The molecule has 0 radical (unpaired) electrons. The molecule has 0 bridgehead atoms. The SMILES string of the molecule is CCCCCCOC(=O)CCCCCC(=O)Oc1ccccc1[N+](=O)[O-]. The molecule has 144 valence electrons. The molecule has 7 heteroatoms. The van der Waals surface area contributed by atoms with Crippen LogP contribution in [-0.2, 0) is 14.3 Å². The van der Waals surface area contributed by atoms with Gasteiger partial charge >= 0.3 is 17.6 Å². The van der Waals surface area contributed by atoms with Crippen molar-refractivity contribution in [2.24, 2.45) is 0 Å². The van der Waals surface area contributed by atoms with Crippen molar-refractivity contribution in [1.29, 1.82) is 0 Å². The lowest BCUT2D eigenvalue weighted by atomic mass is 10.1. The summed E-state index contributed by atoms with van der Waals surface area (Å²) in [6, 6.07) is 5.77. The average molecular weight is 365 g/mol. The van der Waals surface area contributed by atoms with Crippen LogP contribution in [0.5, 0.6) is 5.75 Å². The van der Waals surface area contributed by atoms with E-state index in [1.54, 1.807) is 6.07 Å². The fourth-order valence-corrected chi connectivity index (χ4v) is 2.37. The van der Waals surface area contributed by atoms with E-state index in [-0.39, 0.29) is 23.8 Å². The number of nitro groups is 1. The van der Waals surface area contributed by atoms with Gasteiger partial charge in [0.05, 0.1) is 11.5 Å². The van der Waals surface area contributed by atoms with Crippen molar-refractivity contribution in [2.75, 3.05) is 6.61 Å². The zero-order valence-electron chi connectivity index (χ0n) is 15.3. The minimum absolute atomic E-state index is 0.0471. The zero-order chi connectivity index (χ0) is 19.2. The molecule has 0 aromatic heterocycles. The number of rotatable bonds is 13. The van der Waals surface area contributed by atoms with E-state index in [4.69, 9.17) is 9.47 Å². The van der Waals surface area contributed by atoms with Gasteiger partial charge in [-0.3, -0.25) is 19.7 Å². The highest BCUT2D eigenvalue weighted by Crippen LogP contribution is 2.26. The van der Waals surface area contributed by atoms with Crippen molar-refractivity contribution in [3.8, 4) is 5.75 Å². The minimum atomic E-state index is -0.587. The van der Waals surface area contributed by atoms with Gasteiger partial charge in [0.25, 0.3) is 0 Å². The highest BCUT2D eigenvalue weighted by molar-refractivity contribution is 5.73. The highest BCUT2D eigenvalue weighted by Gasteiger charge is 2.16. The number of carbonyl (C=O) groups is 2. The van der Waals surface area contributed by atoms with Gasteiger partial charge in [0.15, 0.2) is 0 Å². The lowest BCUT2D eigenvalue weighted by Crippen LogP contribution is -2.09. The molecule has 1 rings (SSSR count). The Kier molecular flexibility index (Phi) is 10.7. The lowest BCUT2D eigenvalue weighted by Gasteiger charge is -2.06. The first-order chi connectivity index (χ1) is 12.5. The van der Waals surface area contributed by atoms with Gasteiger partial charge in [0.1, 0.15) is 0 Å². The van der Waals surface area contributed by atoms with E-state index >= 15 is 0 Å². The second kappa shape index (κ2) is 12.9. The number of esters is 2. The molecule has 26 heavy (non-hydrogen) atoms. The normalized spacial score (nSPS) is 10.3. The Hall–Kier alpha value is -2.44. The largest absolute Gasteiger partial charge is 0.466 e. The molecule has 0 heterocycles. The molecular weight excluding hydrogens is 338 g/mol. The molecule has 0 aliphatic heterocycles. The number of para-hydroxylation sites is 2. The number of nitro benzene ring substituents is 1. The summed E-state index contributed by atoms with van der Waals surface area (Å²) in [5.41, 5.74) is -0.234. The van der Waals surface area contributed by atoms with E-state index in [0.29, 0.717) is 32.3 Å². The van der Waals surface area contributed by atoms with Crippen molar-refractivity contribution in [3.05, 3.63) is 34.4 Å². The Bertz CT molecular complexity index is 587. The van der Waals surface area contributed by atoms with Crippen LogP contribution in [0.1, 0.15) is 64.7 Å². The van der Waals surface area contributed by atoms with Gasteiger partial charge < -0.3 is 9.47 Å². The third-order valence-corrected chi connectivity index (χ3v) is 3.81. The van der Waals surface area contributed by atoms with Crippen LogP contribution in [0, 0.1) is 10.1 Å². The highest BCUT2D eigenvalue weighted by atomic mass is 16.6. The van der Waals surface area contributed by atoms with Crippen LogP contribution in [0.15, 0.2) is 24.3 Å². The van der Waals surface area contributed by atoms with Gasteiger partial charge in [-0.25, -0.2) is 0 Å². The van der Waals surface area contributed by atoms with E-state index in [9.17, 15) is 19.7 Å². The lowest BCUT2D eigenvalue weighted by molar-refractivity contribution is -0.385. The Morgan fingerprint density at radius 3 is 2.31 bits per heavy atom. The minimum Gasteiger partial charge on any atom is -0.466 e. The van der Waals surface area contributed by atoms with Gasteiger partial charge in [-0.1, -0.05) is 44.7 Å². The number of carbonyl (C=O) groups excluding carboxylic acids is 2. The van der Waals surface area contributed by atoms with E-state index in [1.807, 2.05) is 0 Å². The molecule has 1 aromatic carbocycles. The van der Waals surface area contributed by atoms with Crippen molar-refractivity contribution >= 4 is 17.6 Å². The molecule has 0 fully saturated rings. The summed E-state index contributed by atoms with van der Waals surface area (Å²) in [4.78, 5) is 33.6. The molecule has 0 saturated carbocycles. The summed E-state index contributed by atoms with van der Waals surface area (Å²) >= 11 is 0. The third kappa shape index (κ3) is 9.15. The first-order valence-electron chi connectivity index (χ1n) is 9.14. The topological polar surface area (TPSA) is 95.7 Å². The maximum Gasteiger partial charge on any atom is 0.311 e. The predicted octanol–water partition coefficient (Wildman–Crippen LogP) is 4.57. The van der Waals surface area contributed by atoms with E-state index in [0.717, 1.165) is 25.7 Å². The maximum absolute atomic E-state index is 11.8. The Labute approximate surface area is 153 Å². The summed E-state index contributed by atoms with van der Waals surface area (Å²) in [6.07, 6.45) is 6.66. The molecular formula is C19H27NO6. The second-order valence-corrected chi connectivity index (χ2v) is 6.04. The van der Waals surface area contributed by atoms with Crippen LogP contribution in [0.3, 0.4) is 0 Å². The van der Waals surface area contributed by atoms with Crippen molar-refractivity contribution in [2.45, 2.75) is 64.7 Å². The number of ether oxygens (including phenoxy) is 2. The summed E-state index contributed by atoms with van der Waals surface area (Å²) in [7, 11) is 0. The predicted molar refractivity (Wildman–Crippen MR) is 96.9 cm³/mol. The van der Waals surface area contributed by atoms with Crippen molar-refractivity contribution in [3.63, 3.8) is 0 Å². The van der Waals surface area contributed by atoms with Crippen LogP contribution in [0.4, 0.5) is 5.69 Å². The number of hydrogen-bond donors (Lipinski definition) is 0. The molecule has 0 unspecified atom stereocenters. The molecule has 0 saturated heterocycles. The van der Waals surface area contributed by atoms with Crippen molar-refractivity contribution < 1.29 is 24.0 Å². The summed E-state index contributed by atoms with van der Waals surface area (Å²) in [6.45, 7) is 2.60. The zero-order valence-corrected chi connectivity index (χ0v) is 15.3. The van der Waals surface area contributed by atoms with Gasteiger partial charge in [-0.2, -0.15) is 0 Å². The second-order valence-electron chi connectivity index (χ2n) is 6.04. The standard InChI is InChI=1S/C19H27NO6/c1-2-3-4-10-15-25-18(21)13-6-5-7-14-19(22)26-17-12-9-8-11-16(17)20(23)24/h8-9,11-12H,2-7,10,13-15H2,1H3. The number of unbranched alkanes of at least 4 members (excludes halogenated alkanes) is 5. The van der Waals surface area contributed by atoms with Gasteiger partial charge in [0.2, 0.25) is 5.75 Å².